The monoisotopic (exact) mass is 386 g/mol. The normalized spacial score (nSPS) is 10.8. The Bertz CT molecular complexity index is 897. The van der Waals surface area contributed by atoms with E-state index in [0.717, 1.165) is 15.4 Å². The molecule has 0 radical (unpaired) electrons. The van der Waals surface area contributed by atoms with Gasteiger partial charge in [-0.25, -0.2) is 9.37 Å². The topological polar surface area (TPSA) is 33.2 Å². The molecule has 122 valence electrons. The van der Waals surface area contributed by atoms with Crippen molar-refractivity contribution < 1.29 is 9.18 Å². The first-order valence-corrected chi connectivity index (χ1v) is 8.47. The van der Waals surface area contributed by atoms with Crippen molar-refractivity contribution in [3.63, 3.8) is 0 Å². The predicted octanol–water partition coefficient (Wildman–Crippen LogP) is 4.80. The quantitative estimate of drug-likeness (QED) is 0.645. The first-order chi connectivity index (χ1) is 11.6. The summed E-state index contributed by atoms with van der Waals surface area (Å²) in [6.07, 6.45) is 0. The van der Waals surface area contributed by atoms with Gasteiger partial charge < -0.3 is 4.90 Å². The Labute approximate surface area is 148 Å². The van der Waals surface area contributed by atoms with Crippen molar-refractivity contribution >= 4 is 32.7 Å². The van der Waals surface area contributed by atoms with Gasteiger partial charge in [-0.15, -0.1) is 0 Å². The Kier molecular flexibility index (Phi) is 4.90. The molecule has 0 N–H and O–H groups in total. The first-order valence-electron chi connectivity index (χ1n) is 7.67. The second kappa shape index (κ2) is 7.09. The van der Waals surface area contributed by atoms with Gasteiger partial charge in [0.05, 0.1) is 5.52 Å². The number of halogens is 2. The number of carbonyl (C=O) groups is 1. The fourth-order valence-corrected chi connectivity index (χ4v) is 2.95. The summed E-state index contributed by atoms with van der Waals surface area (Å²) in [4.78, 5) is 18.8. The van der Waals surface area contributed by atoms with E-state index in [4.69, 9.17) is 0 Å². The molecule has 0 fully saturated rings. The summed E-state index contributed by atoms with van der Waals surface area (Å²) >= 11 is 3.33. The minimum atomic E-state index is -0.323. The van der Waals surface area contributed by atoms with Crippen molar-refractivity contribution in [3.8, 4) is 0 Å². The van der Waals surface area contributed by atoms with Gasteiger partial charge in [0.1, 0.15) is 11.5 Å². The fourth-order valence-electron chi connectivity index (χ4n) is 2.54. The zero-order valence-electron chi connectivity index (χ0n) is 13.2. The lowest BCUT2D eigenvalue weighted by atomic mass is 10.1. The molecule has 1 heterocycles. The highest BCUT2D eigenvalue weighted by Crippen LogP contribution is 2.19. The molecule has 0 aliphatic carbocycles. The van der Waals surface area contributed by atoms with Crippen LogP contribution < -0.4 is 0 Å². The second-order valence-electron chi connectivity index (χ2n) is 5.44. The van der Waals surface area contributed by atoms with Crippen LogP contribution in [0.1, 0.15) is 23.0 Å². The molecule has 0 spiro atoms. The van der Waals surface area contributed by atoms with E-state index in [1.165, 1.54) is 6.07 Å². The van der Waals surface area contributed by atoms with Crippen LogP contribution in [-0.2, 0) is 6.54 Å². The molecule has 3 nitrogen and oxygen atoms in total. The summed E-state index contributed by atoms with van der Waals surface area (Å²) in [6, 6.07) is 16.0. The van der Waals surface area contributed by atoms with Gasteiger partial charge in [-0.05, 0) is 37.3 Å². The summed E-state index contributed by atoms with van der Waals surface area (Å²) in [5.41, 5.74) is 1.61. The van der Waals surface area contributed by atoms with Crippen molar-refractivity contribution in [2.24, 2.45) is 0 Å². The molecule has 0 aliphatic heterocycles. The Hall–Kier alpha value is -2.27. The summed E-state index contributed by atoms with van der Waals surface area (Å²) in [6.45, 7) is 2.54. The molecule has 0 unspecified atom stereocenters. The zero-order chi connectivity index (χ0) is 17.1. The molecule has 2 aromatic carbocycles. The van der Waals surface area contributed by atoms with Crippen LogP contribution in [-0.4, -0.2) is 22.3 Å². The Morgan fingerprint density at radius 2 is 1.96 bits per heavy atom. The lowest BCUT2D eigenvalue weighted by molar-refractivity contribution is 0.0745. The number of aromatic nitrogens is 1. The summed E-state index contributed by atoms with van der Waals surface area (Å²) in [5.74, 6) is -0.529. The van der Waals surface area contributed by atoms with Gasteiger partial charge in [0.15, 0.2) is 0 Å². The van der Waals surface area contributed by atoms with Crippen molar-refractivity contribution in [2.45, 2.75) is 13.5 Å². The van der Waals surface area contributed by atoms with Crippen LogP contribution >= 0.6 is 15.9 Å². The van der Waals surface area contributed by atoms with Gasteiger partial charge >= 0.3 is 0 Å². The standard InChI is InChI=1S/C19H16BrFN2O/c1-2-23(12-14-11-15(20)8-9-16(14)21)19(24)18-10-7-13-5-3-4-6-17(13)22-18/h3-11H,2,12H2,1H3. The fraction of sp³-hybridized carbons (Fsp3) is 0.158. The van der Waals surface area contributed by atoms with Gasteiger partial charge in [0, 0.05) is 28.5 Å². The first kappa shape index (κ1) is 16.6. The highest BCUT2D eigenvalue weighted by atomic mass is 79.9. The third-order valence-corrected chi connectivity index (χ3v) is 4.35. The molecule has 0 saturated heterocycles. The Balaban J connectivity index is 1.88. The predicted molar refractivity (Wildman–Crippen MR) is 96.3 cm³/mol. The van der Waals surface area contributed by atoms with Gasteiger partial charge in [0.25, 0.3) is 5.91 Å². The van der Waals surface area contributed by atoms with Crippen molar-refractivity contribution in [1.82, 2.24) is 9.88 Å². The third kappa shape index (κ3) is 3.46. The lowest BCUT2D eigenvalue weighted by Gasteiger charge is -2.21. The molecule has 0 bridgehead atoms. The number of pyridine rings is 1. The lowest BCUT2D eigenvalue weighted by Crippen LogP contribution is -2.31. The molecule has 3 aromatic rings. The number of carbonyl (C=O) groups excluding carboxylic acids is 1. The van der Waals surface area contributed by atoms with Crippen LogP contribution in [0.3, 0.4) is 0 Å². The van der Waals surface area contributed by atoms with E-state index in [9.17, 15) is 9.18 Å². The highest BCUT2D eigenvalue weighted by Gasteiger charge is 2.18. The van der Waals surface area contributed by atoms with E-state index < -0.39 is 0 Å². The van der Waals surface area contributed by atoms with Gasteiger partial charge in [0.2, 0.25) is 0 Å². The van der Waals surface area contributed by atoms with E-state index in [0.29, 0.717) is 17.8 Å². The number of hydrogen-bond acceptors (Lipinski definition) is 2. The summed E-state index contributed by atoms with van der Waals surface area (Å²) in [5, 5.41) is 0.982. The highest BCUT2D eigenvalue weighted by molar-refractivity contribution is 9.10. The van der Waals surface area contributed by atoms with E-state index in [1.54, 1.807) is 23.1 Å². The molecule has 5 heteroatoms. The van der Waals surface area contributed by atoms with Crippen LogP contribution in [0, 0.1) is 5.82 Å². The van der Waals surface area contributed by atoms with Crippen LogP contribution in [0.4, 0.5) is 4.39 Å². The molecule has 1 aromatic heterocycles. The van der Waals surface area contributed by atoms with Crippen LogP contribution in [0.25, 0.3) is 10.9 Å². The van der Waals surface area contributed by atoms with Crippen LogP contribution in [0.5, 0.6) is 0 Å². The maximum atomic E-state index is 14.0. The molecular formula is C19H16BrFN2O. The third-order valence-electron chi connectivity index (χ3n) is 3.86. The number of nitrogens with zero attached hydrogens (tertiary/aromatic N) is 2. The number of hydrogen-bond donors (Lipinski definition) is 0. The van der Waals surface area contributed by atoms with Gasteiger partial charge in [-0.3, -0.25) is 4.79 Å². The summed E-state index contributed by atoms with van der Waals surface area (Å²) < 4.78 is 14.7. The average Bonchev–Trinajstić information content (AvgIpc) is 2.61. The molecule has 0 aliphatic rings. The molecule has 24 heavy (non-hydrogen) atoms. The SMILES string of the molecule is CCN(Cc1cc(Br)ccc1F)C(=O)c1ccc2ccccc2n1. The number of rotatable bonds is 4. The van der Waals surface area contributed by atoms with Crippen molar-refractivity contribution in [3.05, 3.63) is 76.1 Å². The van der Waals surface area contributed by atoms with Crippen LogP contribution in [0.15, 0.2) is 59.1 Å². The number of amides is 1. The number of benzene rings is 2. The van der Waals surface area contributed by atoms with E-state index >= 15 is 0 Å². The molecule has 1 amide bonds. The average molecular weight is 387 g/mol. The maximum absolute atomic E-state index is 14.0. The van der Waals surface area contributed by atoms with E-state index in [-0.39, 0.29) is 18.3 Å². The molecular weight excluding hydrogens is 371 g/mol. The zero-order valence-corrected chi connectivity index (χ0v) is 14.8. The summed E-state index contributed by atoms with van der Waals surface area (Å²) in [7, 11) is 0. The number of fused-ring (bicyclic) bond motifs is 1. The molecule has 3 rings (SSSR count). The maximum Gasteiger partial charge on any atom is 0.272 e. The van der Waals surface area contributed by atoms with Gasteiger partial charge in [-0.1, -0.05) is 40.2 Å². The Morgan fingerprint density at radius 1 is 1.17 bits per heavy atom. The minimum Gasteiger partial charge on any atom is -0.333 e. The van der Waals surface area contributed by atoms with Crippen LogP contribution in [0.2, 0.25) is 0 Å². The Morgan fingerprint density at radius 3 is 2.75 bits per heavy atom. The van der Waals surface area contributed by atoms with Crippen molar-refractivity contribution in [1.29, 1.82) is 0 Å². The number of para-hydroxylation sites is 1. The van der Waals surface area contributed by atoms with E-state index in [2.05, 4.69) is 20.9 Å². The largest absolute Gasteiger partial charge is 0.333 e. The van der Waals surface area contributed by atoms with Gasteiger partial charge in [-0.2, -0.15) is 0 Å². The smallest absolute Gasteiger partial charge is 0.272 e. The molecule has 0 atom stereocenters. The van der Waals surface area contributed by atoms with Crippen molar-refractivity contribution in [2.75, 3.05) is 6.54 Å². The van der Waals surface area contributed by atoms with E-state index in [1.807, 2.05) is 37.3 Å². The molecule has 0 saturated carbocycles. The minimum absolute atomic E-state index is 0.203. The second-order valence-corrected chi connectivity index (χ2v) is 6.36.